The highest BCUT2D eigenvalue weighted by molar-refractivity contribution is 7.98. The van der Waals surface area contributed by atoms with Crippen molar-refractivity contribution in [2.75, 3.05) is 29.8 Å². The van der Waals surface area contributed by atoms with E-state index in [2.05, 4.69) is 5.32 Å². The summed E-state index contributed by atoms with van der Waals surface area (Å²) in [6.45, 7) is 2.30. The third kappa shape index (κ3) is 7.70. The van der Waals surface area contributed by atoms with Gasteiger partial charge in [-0.2, -0.15) is 11.8 Å². The van der Waals surface area contributed by atoms with Crippen LogP contribution in [0.5, 0.6) is 5.75 Å². The summed E-state index contributed by atoms with van der Waals surface area (Å²) in [4.78, 5) is 12.8. The van der Waals surface area contributed by atoms with Crippen molar-refractivity contribution in [3.8, 4) is 5.75 Å². The van der Waals surface area contributed by atoms with Crippen LogP contribution in [0.2, 0.25) is 15.1 Å². The van der Waals surface area contributed by atoms with Gasteiger partial charge in [0.1, 0.15) is 12.3 Å². The van der Waals surface area contributed by atoms with E-state index in [0.717, 1.165) is 9.87 Å². The number of rotatable bonds is 12. The number of anilines is 1. The van der Waals surface area contributed by atoms with Gasteiger partial charge < -0.3 is 10.1 Å². The first kappa shape index (κ1) is 28.5. The molecular weight excluding hydrogens is 563 g/mol. The van der Waals surface area contributed by atoms with Crippen LogP contribution in [-0.2, 0) is 20.6 Å². The predicted octanol–water partition coefficient (Wildman–Crippen LogP) is 6.29. The zero-order valence-electron chi connectivity index (χ0n) is 19.4. The van der Waals surface area contributed by atoms with Gasteiger partial charge in [-0.25, -0.2) is 8.42 Å². The van der Waals surface area contributed by atoms with Crippen LogP contribution in [0.4, 0.5) is 5.69 Å². The fourth-order valence-electron chi connectivity index (χ4n) is 3.22. The number of halogens is 3. The molecule has 0 atom stereocenters. The quantitative estimate of drug-likeness (QED) is 0.252. The van der Waals surface area contributed by atoms with Crippen LogP contribution in [0.25, 0.3) is 0 Å². The molecule has 3 rings (SSSR count). The lowest BCUT2D eigenvalue weighted by molar-refractivity contribution is -0.119. The molecule has 0 saturated carbocycles. The van der Waals surface area contributed by atoms with Crippen molar-refractivity contribution in [3.63, 3.8) is 0 Å². The van der Waals surface area contributed by atoms with Gasteiger partial charge in [-0.1, -0.05) is 40.9 Å². The van der Waals surface area contributed by atoms with Crippen LogP contribution in [0.15, 0.2) is 71.6 Å². The van der Waals surface area contributed by atoms with E-state index in [0.29, 0.717) is 51.2 Å². The SMILES string of the molecule is CCOc1ccc(N(CC(=O)NCCSCc2c(Cl)cccc2Cl)S(=O)(=O)c2ccc(Cl)cc2)cc1. The summed E-state index contributed by atoms with van der Waals surface area (Å²) in [6, 6.07) is 17.7. The Morgan fingerprint density at radius 1 is 0.972 bits per heavy atom. The molecule has 1 N–H and O–H groups in total. The van der Waals surface area contributed by atoms with Crippen molar-refractivity contribution in [2.24, 2.45) is 0 Å². The van der Waals surface area contributed by atoms with Crippen LogP contribution in [0, 0.1) is 0 Å². The van der Waals surface area contributed by atoms with E-state index in [1.807, 2.05) is 6.92 Å². The Hall–Kier alpha value is -2.10. The summed E-state index contributed by atoms with van der Waals surface area (Å²) >= 11 is 19.9. The molecular formula is C25H25Cl3N2O4S2. The summed E-state index contributed by atoms with van der Waals surface area (Å²) in [5.41, 5.74) is 1.18. The van der Waals surface area contributed by atoms with Gasteiger partial charge in [0.2, 0.25) is 5.91 Å². The number of nitrogens with one attached hydrogen (secondary N) is 1. The Labute approximate surface area is 230 Å². The van der Waals surface area contributed by atoms with Crippen molar-refractivity contribution in [2.45, 2.75) is 17.6 Å². The maximum atomic E-state index is 13.4. The monoisotopic (exact) mass is 586 g/mol. The van der Waals surface area contributed by atoms with Crippen molar-refractivity contribution < 1.29 is 17.9 Å². The number of ether oxygens (including phenoxy) is 1. The zero-order valence-corrected chi connectivity index (χ0v) is 23.3. The predicted molar refractivity (Wildman–Crippen MR) is 149 cm³/mol. The van der Waals surface area contributed by atoms with Gasteiger partial charge in [0.05, 0.1) is 17.2 Å². The lowest BCUT2D eigenvalue weighted by Gasteiger charge is -2.24. The van der Waals surface area contributed by atoms with E-state index < -0.39 is 15.9 Å². The molecule has 0 bridgehead atoms. The minimum atomic E-state index is -4.03. The third-order valence-electron chi connectivity index (χ3n) is 5.00. The first-order valence-electron chi connectivity index (χ1n) is 11.0. The molecule has 3 aromatic carbocycles. The number of hydrogen-bond donors (Lipinski definition) is 1. The van der Waals surface area contributed by atoms with E-state index in [-0.39, 0.29) is 11.4 Å². The molecule has 0 aromatic heterocycles. The average Bonchev–Trinajstić information content (AvgIpc) is 2.85. The molecule has 0 aliphatic heterocycles. The molecule has 0 radical (unpaired) electrons. The van der Waals surface area contributed by atoms with Gasteiger partial charge in [0, 0.05) is 33.1 Å². The molecule has 3 aromatic rings. The van der Waals surface area contributed by atoms with Gasteiger partial charge in [-0.3, -0.25) is 9.10 Å². The molecule has 192 valence electrons. The van der Waals surface area contributed by atoms with E-state index in [9.17, 15) is 13.2 Å². The van der Waals surface area contributed by atoms with Gasteiger partial charge in [0.25, 0.3) is 10.0 Å². The normalized spacial score (nSPS) is 11.2. The van der Waals surface area contributed by atoms with Gasteiger partial charge in [0.15, 0.2) is 0 Å². The Kier molecular flexibility index (Phi) is 10.6. The van der Waals surface area contributed by atoms with E-state index in [1.165, 1.54) is 24.3 Å². The highest BCUT2D eigenvalue weighted by Crippen LogP contribution is 2.28. The second kappa shape index (κ2) is 13.4. The largest absolute Gasteiger partial charge is 0.494 e. The van der Waals surface area contributed by atoms with Crippen LogP contribution < -0.4 is 14.4 Å². The number of carbonyl (C=O) groups is 1. The fourth-order valence-corrected chi connectivity index (χ4v) is 6.36. The molecule has 11 heteroatoms. The van der Waals surface area contributed by atoms with Crippen molar-refractivity contribution in [3.05, 3.63) is 87.4 Å². The number of benzene rings is 3. The third-order valence-corrected chi connectivity index (χ3v) is 8.74. The van der Waals surface area contributed by atoms with Crippen molar-refractivity contribution >= 4 is 68.2 Å². The topological polar surface area (TPSA) is 75.7 Å². The maximum Gasteiger partial charge on any atom is 0.264 e. The Morgan fingerprint density at radius 3 is 2.22 bits per heavy atom. The van der Waals surface area contributed by atoms with Gasteiger partial charge >= 0.3 is 0 Å². The van der Waals surface area contributed by atoms with Gasteiger partial charge in [-0.05, 0) is 73.2 Å². The molecule has 36 heavy (non-hydrogen) atoms. The second-order valence-electron chi connectivity index (χ2n) is 7.50. The number of thioether (sulfide) groups is 1. The molecule has 0 aliphatic rings. The van der Waals surface area contributed by atoms with Crippen molar-refractivity contribution in [1.29, 1.82) is 0 Å². The molecule has 0 spiro atoms. The van der Waals surface area contributed by atoms with Gasteiger partial charge in [-0.15, -0.1) is 0 Å². The summed E-state index contributed by atoms with van der Waals surface area (Å²) < 4.78 is 33.4. The minimum absolute atomic E-state index is 0.0285. The Balaban J connectivity index is 1.67. The lowest BCUT2D eigenvalue weighted by Crippen LogP contribution is -2.41. The highest BCUT2D eigenvalue weighted by atomic mass is 35.5. The van der Waals surface area contributed by atoms with Crippen LogP contribution in [-0.4, -0.2) is 39.8 Å². The smallest absolute Gasteiger partial charge is 0.264 e. The molecule has 0 unspecified atom stereocenters. The Morgan fingerprint density at radius 2 is 1.61 bits per heavy atom. The maximum absolute atomic E-state index is 13.4. The van der Waals surface area contributed by atoms with Crippen LogP contribution in [0.1, 0.15) is 12.5 Å². The molecule has 0 aliphatic carbocycles. The van der Waals surface area contributed by atoms with Crippen molar-refractivity contribution in [1.82, 2.24) is 5.32 Å². The molecule has 0 saturated heterocycles. The first-order valence-corrected chi connectivity index (χ1v) is 14.7. The summed E-state index contributed by atoms with van der Waals surface area (Å²) in [7, 11) is -4.03. The molecule has 0 heterocycles. The minimum Gasteiger partial charge on any atom is -0.494 e. The van der Waals surface area contributed by atoms with E-state index >= 15 is 0 Å². The summed E-state index contributed by atoms with van der Waals surface area (Å²) in [5.74, 6) is 1.36. The fraction of sp³-hybridized carbons (Fsp3) is 0.240. The first-order chi connectivity index (χ1) is 17.2. The number of carbonyl (C=O) groups excluding carboxylic acids is 1. The van der Waals surface area contributed by atoms with E-state index in [4.69, 9.17) is 39.5 Å². The number of sulfonamides is 1. The number of hydrogen-bond acceptors (Lipinski definition) is 5. The average molecular weight is 588 g/mol. The zero-order chi connectivity index (χ0) is 26.1. The second-order valence-corrected chi connectivity index (χ2v) is 11.7. The number of amides is 1. The molecule has 1 amide bonds. The summed E-state index contributed by atoms with van der Waals surface area (Å²) in [6.07, 6.45) is 0. The lowest BCUT2D eigenvalue weighted by atomic mass is 10.2. The number of nitrogens with zero attached hydrogens (tertiary/aromatic N) is 1. The standard InChI is InChI=1S/C25H25Cl3N2O4S2/c1-2-34-20-10-8-19(9-11-20)30(36(32,33)21-12-6-18(26)7-13-21)16-25(31)29-14-15-35-17-22-23(27)4-3-5-24(22)28/h3-13H,2,14-17H2,1H3,(H,29,31). The highest BCUT2D eigenvalue weighted by Gasteiger charge is 2.27. The molecule has 6 nitrogen and oxygen atoms in total. The molecule has 0 fully saturated rings. The van der Waals surface area contributed by atoms with E-state index in [1.54, 1.807) is 54.2 Å². The Bertz CT molecular complexity index is 1250. The van der Waals surface area contributed by atoms with Crippen LogP contribution >= 0.6 is 46.6 Å². The summed E-state index contributed by atoms with van der Waals surface area (Å²) in [5, 5.41) is 4.39. The van der Waals surface area contributed by atoms with Crippen LogP contribution in [0.3, 0.4) is 0 Å².